The van der Waals surface area contributed by atoms with Crippen molar-refractivity contribution in [3.8, 4) is 0 Å². The molecule has 0 aromatic carbocycles. The highest BCUT2D eigenvalue weighted by Gasteiger charge is 2.37. The van der Waals surface area contributed by atoms with Gasteiger partial charge in [0.2, 0.25) is 0 Å². The molecule has 0 N–H and O–H groups in total. The Kier molecular flexibility index (Phi) is 5.83. The quantitative estimate of drug-likeness (QED) is 0.477. The van der Waals surface area contributed by atoms with Crippen LogP contribution in [0.4, 0.5) is 0 Å². The van der Waals surface area contributed by atoms with Crippen molar-refractivity contribution in [3.05, 3.63) is 0 Å². The molecule has 24 heavy (non-hydrogen) atoms. The number of epoxide rings is 1. The molecule has 1 saturated heterocycles. The number of hydrogen-bond donors (Lipinski definition) is 0. The molecular weight excluding hydrogens is 308 g/mol. The molecule has 0 aromatic rings. The van der Waals surface area contributed by atoms with Crippen molar-refractivity contribution in [1.29, 1.82) is 0 Å². The minimum Gasteiger partial charge on any atom is -0.462 e. The van der Waals surface area contributed by atoms with Crippen molar-refractivity contribution in [2.75, 3.05) is 19.8 Å². The summed E-state index contributed by atoms with van der Waals surface area (Å²) in [7, 11) is 0. The summed E-state index contributed by atoms with van der Waals surface area (Å²) < 4.78 is 23.1. The number of ether oxygens (including phenoxy) is 4. The van der Waals surface area contributed by atoms with Crippen LogP contribution < -0.4 is 0 Å². The first-order valence-corrected chi connectivity index (χ1v) is 9.52. The molecule has 1 aliphatic heterocycles. The SMILES string of the molecule is CCC(C)(C)C(=O)OC1CC(OCC2CC2)CC(OCC2CO2)C1. The predicted octanol–water partition coefficient (Wildman–Crippen LogP) is 3.10. The zero-order valence-electron chi connectivity index (χ0n) is 15.3. The molecule has 5 nitrogen and oxygen atoms in total. The lowest BCUT2D eigenvalue weighted by molar-refractivity contribution is -0.168. The van der Waals surface area contributed by atoms with Gasteiger partial charge in [-0.05, 0) is 39.0 Å². The second-order valence-electron chi connectivity index (χ2n) is 8.28. The van der Waals surface area contributed by atoms with Crippen LogP contribution in [0.2, 0.25) is 0 Å². The van der Waals surface area contributed by atoms with Crippen LogP contribution in [0.15, 0.2) is 0 Å². The summed E-state index contributed by atoms with van der Waals surface area (Å²) >= 11 is 0. The summed E-state index contributed by atoms with van der Waals surface area (Å²) in [5.74, 6) is 0.633. The number of carbonyl (C=O) groups excluding carboxylic acids is 1. The molecule has 138 valence electrons. The average molecular weight is 340 g/mol. The molecule has 0 amide bonds. The number of rotatable bonds is 9. The zero-order chi connectivity index (χ0) is 17.2. The fourth-order valence-electron chi connectivity index (χ4n) is 2.96. The van der Waals surface area contributed by atoms with E-state index in [9.17, 15) is 4.79 Å². The van der Waals surface area contributed by atoms with Gasteiger partial charge >= 0.3 is 5.97 Å². The van der Waals surface area contributed by atoms with Crippen molar-refractivity contribution in [1.82, 2.24) is 0 Å². The summed E-state index contributed by atoms with van der Waals surface area (Å²) in [6.45, 7) is 8.18. The molecular formula is C19H32O5. The highest BCUT2D eigenvalue weighted by molar-refractivity contribution is 5.76. The van der Waals surface area contributed by atoms with Crippen LogP contribution in [0.1, 0.15) is 59.3 Å². The molecule has 0 bridgehead atoms. The van der Waals surface area contributed by atoms with Crippen LogP contribution in [-0.4, -0.2) is 50.2 Å². The normalized spacial score (nSPS) is 33.3. The first-order valence-electron chi connectivity index (χ1n) is 9.52. The van der Waals surface area contributed by atoms with Crippen LogP contribution in [-0.2, 0) is 23.7 Å². The Morgan fingerprint density at radius 3 is 2.17 bits per heavy atom. The van der Waals surface area contributed by atoms with E-state index in [1.54, 1.807) is 0 Å². The maximum absolute atomic E-state index is 12.4. The topological polar surface area (TPSA) is 57.3 Å². The Balaban J connectivity index is 1.52. The standard InChI is InChI=1S/C19H32O5/c1-4-19(2,3)18(20)24-16-8-14(21-10-13-5-6-13)7-15(9-16)22-11-17-12-23-17/h13-17H,4-12H2,1-3H3. The van der Waals surface area contributed by atoms with Gasteiger partial charge in [0.15, 0.2) is 0 Å². The maximum Gasteiger partial charge on any atom is 0.311 e. The first kappa shape index (κ1) is 18.2. The van der Waals surface area contributed by atoms with Gasteiger partial charge in [0.25, 0.3) is 0 Å². The monoisotopic (exact) mass is 340 g/mol. The van der Waals surface area contributed by atoms with Gasteiger partial charge in [-0.25, -0.2) is 0 Å². The zero-order valence-corrected chi connectivity index (χ0v) is 15.3. The van der Waals surface area contributed by atoms with Crippen molar-refractivity contribution < 1.29 is 23.7 Å². The largest absolute Gasteiger partial charge is 0.462 e. The van der Waals surface area contributed by atoms with E-state index in [1.165, 1.54) is 12.8 Å². The van der Waals surface area contributed by atoms with E-state index in [4.69, 9.17) is 18.9 Å². The van der Waals surface area contributed by atoms with Crippen molar-refractivity contribution in [3.63, 3.8) is 0 Å². The molecule has 0 radical (unpaired) electrons. The highest BCUT2D eigenvalue weighted by Crippen LogP contribution is 2.33. The van der Waals surface area contributed by atoms with Gasteiger partial charge in [0, 0.05) is 25.9 Å². The fourth-order valence-corrected chi connectivity index (χ4v) is 2.96. The van der Waals surface area contributed by atoms with E-state index in [-0.39, 0.29) is 30.4 Å². The van der Waals surface area contributed by atoms with E-state index < -0.39 is 5.41 Å². The second-order valence-corrected chi connectivity index (χ2v) is 8.28. The summed E-state index contributed by atoms with van der Waals surface area (Å²) in [5.41, 5.74) is -0.431. The van der Waals surface area contributed by atoms with Crippen LogP contribution in [0, 0.1) is 11.3 Å². The van der Waals surface area contributed by atoms with Crippen LogP contribution >= 0.6 is 0 Å². The van der Waals surface area contributed by atoms with Crippen molar-refractivity contribution in [2.45, 2.75) is 83.7 Å². The predicted molar refractivity (Wildman–Crippen MR) is 89.7 cm³/mol. The Labute approximate surface area is 145 Å². The molecule has 3 fully saturated rings. The lowest BCUT2D eigenvalue weighted by Gasteiger charge is -2.35. The minimum atomic E-state index is -0.431. The average Bonchev–Trinajstić information content (AvgIpc) is 3.45. The lowest BCUT2D eigenvalue weighted by Crippen LogP contribution is -2.41. The highest BCUT2D eigenvalue weighted by atomic mass is 16.6. The van der Waals surface area contributed by atoms with Gasteiger partial charge in [0.05, 0.1) is 30.8 Å². The van der Waals surface area contributed by atoms with Gasteiger partial charge in [-0.15, -0.1) is 0 Å². The second kappa shape index (κ2) is 7.71. The summed E-state index contributed by atoms with van der Waals surface area (Å²) in [5, 5.41) is 0. The molecule has 4 atom stereocenters. The van der Waals surface area contributed by atoms with E-state index in [0.717, 1.165) is 44.8 Å². The summed E-state index contributed by atoms with van der Waals surface area (Å²) in [6, 6.07) is 0. The van der Waals surface area contributed by atoms with Gasteiger partial charge in [-0.2, -0.15) is 0 Å². The number of hydrogen-bond acceptors (Lipinski definition) is 5. The molecule has 5 heteroatoms. The van der Waals surface area contributed by atoms with Gasteiger partial charge in [-0.3, -0.25) is 4.79 Å². The van der Waals surface area contributed by atoms with Crippen molar-refractivity contribution in [2.24, 2.45) is 11.3 Å². The molecule has 4 unspecified atom stereocenters. The Morgan fingerprint density at radius 2 is 1.62 bits per heavy atom. The molecule has 3 aliphatic rings. The fraction of sp³-hybridized carbons (Fsp3) is 0.947. The van der Waals surface area contributed by atoms with Gasteiger partial charge in [0.1, 0.15) is 12.2 Å². The van der Waals surface area contributed by atoms with E-state index in [2.05, 4.69) is 0 Å². The molecule has 2 aliphatic carbocycles. The third-order valence-corrected chi connectivity index (χ3v) is 5.47. The van der Waals surface area contributed by atoms with Gasteiger partial charge in [-0.1, -0.05) is 6.92 Å². The third-order valence-electron chi connectivity index (χ3n) is 5.47. The molecule has 0 spiro atoms. The number of esters is 1. The molecule has 2 saturated carbocycles. The third kappa shape index (κ3) is 5.43. The maximum atomic E-state index is 12.4. The van der Waals surface area contributed by atoms with E-state index in [0.29, 0.717) is 6.61 Å². The lowest BCUT2D eigenvalue weighted by atomic mass is 9.89. The smallest absolute Gasteiger partial charge is 0.311 e. The summed E-state index contributed by atoms with van der Waals surface area (Å²) in [6.07, 6.45) is 6.18. The Morgan fingerprint density at radius 1 is 1.04 bits per heavy atom. The van der Waals surface area contributed by atoms with Crippen LogP contribution in [0.5, 0.6) is 0 Å². The molecule has 1 heterocycles. The van der Waals surface area contributed by atoms with Crippen LogP contribution in [0.25, 0.3) is 0 Å². The van der Waals surface area contributed by atoms with Crippen LogP contribution in [0.3, 0.4) is 0 Å². The van der Waals surface area contributed by atoms with Gasteiger partial charge < -0.3 is 18.9 Å². The Bertz CT molecular complexity index is 403. The van der Waals surface area contributed by atoms with E-state index >= 15 is 0 Å². The first-order chi connectivity index (χ1) is 11.5. The van der Waals surface area contributed by atoms with E-state index in [1.807, 2.05) is 20.8 Å². The minimum absolute atomic E-state index is 0.0923. The van der Waals surface area contributed by atoms with Crippen molar-refractivity contribution >= 4 is 5.97 Å². The molecule has 0 aromatic heterocycles. The molecule has 3 rings (SSSR count). The number of carbonyl (C=O) groups is 1. The summed E-state index contributed by atoms with van der Waals surface area (Å²) in [4.78, 5) is 12.4. The Hall–Kier alpha value is -0.650.